The number of benzene rings is 1. The van der Waals surface area contributed by atoms with Crippen molar-refractivity contribution in [2.75, 3.05) is 0 Å². The molecule has 0 aliphatic heterocycles. The summed E-state index contributed by atoms with van der Waals surface area (Å²) in [6, 6.07) is 3.98. The molecule has 0 atom stereocenters. The predicted molar refractivity (Wildman–Crippen MR) is 55.7 cm³/mol. The van der Waals surface area contributed by atoms with E-state index in [4.69, 9.17) is 0 Å². The molecule has 0 aliphatic rings. The Bertz CT molecular complexity index is 363. The van der Waals surface area contributed by atoms with Gasteiger partial charge in [0.05, 0.1) is 12.0 Å². The fourth-order valence-corrected chi connectivity index (χ4v) is 0.993. The van der Waals surface area contributed by atoms with Gasteiger partial charge in [-0.05, 0) is 17.7 Å². The molecule has 88 valence electrons. The molecule has 0 fully saturated rings. The van der Waals surface area contributed by atoms with Gasteiger partial charge in [-0.2, -0.15) is 0 Å². The standard InChI is InChI=1S/C9H7FO4.C2H6/c10-14-9(13)4-6-1-2-7(5-11)8(12)3-6;1-2/h1-3,5,12H,4H2;1-2H3. The van der Waals surface area contributed by atoms with E-state index in [1.54, 1.807) is 0 Å². The second-order valence-electron chi connectivity index (χ2n) is 2.64. The van der Waals surface area contributed by atoms with Crippen LogP contribution in [0.3, 0.4) is 0 Å². The lowest BCUT2D eigenvalue weighted by molar-refractivity contribution is -0.182. The van der Waals surface area contributed by atoms with E-state index < -0.39 is 5.97 Å². The molecule has 0 saturated heterocycles. The summed E-state index contributed by atoms with van der Waals surface area (Å²) in [6.07, 6.45) is 0.190. The van der Waals surface area contributed by atoms with Crippen LogP contribution in [0.25, 0.3) is 0 Å². The summed E-state index contributed by atoms with van der Waals surface area (Å²) in [5, 5.41) is 9.20. The molecule has 16 heavy (non-hydrogen) atoms. The topological polar surface area (TPSA) is 63.6 Å². The van der Waals surface area contributed by atoms with Crippen LogP contribution in [-0.2, 0) is 16.2 Å². The number of hydrogen-bond acceptors (Lipinski definition) is 4. The van der Waals surface area contributed by atoms with Crippen molar-refractivity contribution >= 4 is 12.3 Å². The minimum Gasteiger partial charge on any atom is -0.507 e. The molecule has 0 aliphatic carbocycles. The highest BCUT2D eigenvalue weighted by Gasteiger charge is 2.07. The van der Waals surface area contributed by atoms with Gasteiger partial charge in [0.1, 0.15) is 5.75 Å². The molecule has 1 aromatic carbocycles. The van der Waals surface area contributed by atoms with Gasteiger partial charge in [-0.15, -0.1) is 0 Å². The maximum Gasteiger partial charge on any atom is 0.353 e. The van der Waals surface area contributed by atoms with Crippen molar-refractivity contribution < 1.29 is 24.2 Å². The smallest absolute Gasteiger partial charge is 0.353 e. The van der Waals surface area contributed by atoms with Gasteiger partial charge in [-0.1, -0.05) is 19.9 Å². The highest BCUT2D eigenvalue weighted by molar-refractivity contribution is 5.80. The summed E-state index contributed by atoms with van der Waals surface area (Å²) in [6.45, 7) is 4.00. The van der Waals surface area contributed by atoms with E-state index in [0.717, 1.165) is 0 Å². The van der Waals surface area contributed by atoms with Crippen LogP contribution in [0.1, 0.15) is 29.8 Å². The number of carbonyl (C=O) groups excluding carboxylic acids is 2. The van der Waals surface area contributed by atoms with E-state index in [0.29, 0.717) is 11.8 Å². The summed E-state index contributed by atoms with van der Waals surface area (Å²) in [5.41, 5.74) is 0.484. The lowest BCUT2D eigenvalue weighted by atomic mass is 10.1. The Kier molecular flexibility index (Phi) is 6.51. The van der Waals surface area contributed by atoms with Crippen LogP contribution in [0.5, 0.6) is 5.75 Å². The molecule has 0 heterocycles. The molecule has 5 heteroatoms. The average molecular weight is 228 g/mol. The van der Waals surface area contributed by atoms with Crippen molar-refractivity contribution in [2.45, 2.75) is 20.3 Å². The van der Waals surface area contributed by atoms with Crippen LogP contribution in [-0.4, -0.2) is 17.4 Å². The number of phenolic OH excluding ortho intramolecular Hbond substituents is 1. The Labute approximate surface area is 92.6 Å². The van der Waals surface area contributed by atoms with Gasteiger partial charge in [0.25, 0.3) is 0 Å². The Morgan fingerprint density at radius 1 is 1.50 bits per heavy atom. The summed E-state index contributed by atoms with van der Waals surface area (Å²) < 4.78 is 11.4. The molecule has 0 radical (unpaired) electrons. The number of aromatic hydroxyl groups is 1. The van der Waals surface area contributed by atoms with Gasteiger partial charge in [-0.3, -0.25) is 9.74 Å². The van der Waals surface area contributed by atoms with Crippen LogP contribution in [0.15, 0.2) is 18.2 Å². The number of rotatable bonds is 3. The van der Waals surface area contributed by atoms with E-state index >= 15 is 0 Å². The number of carbonyl (C=O) groups is 2. The fraction of sp³-hybridized carbons (Fsp3) is 0.273. The first-order valence-corrected chi connectivity index (χ1v) is 4.76. The molecule has 0 aromatic heterocycles. The maximum absolute atomic E-state index is 11.4. The van der Waals surface area contributed by atoms with E-state index in [1.165, 1.54) is 18.2 Å². The van der Waals surface area contributed by atoms with Gasteiger partial charge in [0, 0.05) is 4.53 Å². The summed E-state index contributed by atoms with van der Waals surface area (Å²) in [4.78, 5) is 23.8. The summed E-state index contributed by atoms with van der Waals surface area (Å²) >= 11 is 0. The number of hydrogen-bond donors (Lipinski definition) is 1. The lowest BCUT2D eigenvalue weighted by Gasteiger charge is -2.00. The minimum absolute atomic E-state index is 0.113. The van der Waals surface area contributed by atoms with Gasteiger partial charge < -0.3 is 5.11 Å². The monoisotopic (exact) mass is 228 g/mol. The van der Waals surface area contributed by atoms with E-state index in [1.807, 2.05) is 13.8 Å². The molecule has 1 aromatic rings. The van der Waals surface area contributed by atoms with Gasteiger partial charge in [-0.25, -0.2) is 4.79 Å². The third kappa shape index (κ3) is 4.08. The number of phenols is 1. The zero-order valence-electron chi connectivity index (χ0n) is 9.07. The predicted octanol–water partition coefficient (Wildman–Crippen LogP) is 2.20. The zero-order chi connectivity index (χ0) is 12.6. The molecular formula is C11H13FO4. The van der Waals surface area contributed by atoms with Gasteiger partial charge >= 0.3 is 5.97 Å². The molecule has 0 amide bonds. The first-order valence-electron chi connectivity index (χ1n) is 4.76. The van der Waals surface area contributed by atoms with Crippen LogP contribution in [0, 0.1) is 0 Å². The number of aldehydes is 1. The Balaban J connectivity index is 0.00000106. The van der Waals surface area contributed by atoms with Gasteiger partial charge in [0.2, 0.25) is 0 Å². The first-order chi connectivity index (χ1) is 7.67. The molecule has 1 N–H and O–H groups in total. The summed E-state index contributed by atoms with van der Waals surface area (Å²) in [5.74, 6) is -1.30. The van der Waals surface area contributed by atoms with E-state index in [2.05, 4.69) is 4.94 Å². The van der Waals surface area contributed by atoms with Crippen LogP contribution in [0.4, 0.5) is 4.53 Å². The second kappa shape index (κ2) is 7.39. The fourth-order valence-electron chi connectivity index (χ4n) is 0.993. The highest BCUT2D eigenvalue weighted by Crippen LogP contribution is 2.17. The van der Waals surface area contributed by atoms with Crippen molar-refractivity contribution in [1.82, 2.24) is 0 Å². The van der Waals surface area contributed by atoms with Crippen LogP contribution >= 0.6 is 0 Å². The van der Waals surface area contributed by atoms with Crippen molar-refractivity contribution in [1.29, 1.82) is 0 Å². The van der Waals surface area contributed by atoms with Crippen LogP contribution < -0.4 is 0 Å². The summed E-state index contributed by atoms with van der Waals surface area (Å²) in [7, 11) is 0. The Morgan fingerprint density at radius 2 is 2.12 bits per heavy atom. The SMILES string of the molecule is CC.O=Cc1ccc(CC(=O)OF)cc1O. The lowest BCUT2D eigenvalue weighted by Crippen LogP contribution is -2.02. The molecule has 0 saturated carbocycles. The minimum atomic E-state index is -1.05. The normalized spacial score (nSPS) is 8.69. The molecular weight excluding hydrogens is 215 g/mol. The molecule has 1 rings (SSSR count). The first kappa shape index (κ1) is 14.1. The highest BCUT2D eigenvalue weighted by atomic mass is 19.3. The van der Waals surface area contributed by atoms with E-state index in [-0.39, 0.29) is 17.7 Å². The third-order valence-electron chi connectivity index (χ3n) is 1.66. The average Bonchev–Trinajstić information content (AvgIpc) is 2.32. The van der Waals surface area contributed by atoms with Crippen molar-refractivity contribution in [2.24, 2.45) is 0 Å². The van der Waals surface area contributed by atoms with Gasteiger partial charge in [0.15, 0.2) is 6.29 Å². The second-order valence-corrected chi connectivity index (χ2v) is 2.64. The van der Waals surface area contributed by atoms with Crippen molar-refractivity contribution in [3.05, 3.63) is 29.3 Å². The maximum atomic E-state index is 11.4. The Hall–Kier alpha value is -1.91. The van der Waals surface area contributed by atoms with Crippen molar-refractivity contribution in [3.8, 4) is 5.75 Å². The van der Waals surface area contributed by atoms with Crippen molar-refractivity contribution in [3.63, 3.8) is 0 Å². The third-order valence-corrected chi connectivity index (χ3v) is 1.66. The molecule has 0 bridgehead atoms. The quantitative estimate of drug-likeness (QED) is 0.805. The Morgan fingerprint density at radius 3 is 2.56 bits per heavy atom. The van der Waals surface area contributed by atoms with Crippen LogP contribution in [0.2, 0.25) is 0 Å². The largest absolute Gasteiger partial charge is 0.507 e. The molecule has 0 spiro atoms. The molecule has 0 unspecified atom stereocenters. The zero-order valence-corrected chi connectivity index (χ0v) is 9.07. The van der Waals surface area contributed by atoms with E-state index in [9.17, 15) is 19.2 Å². The molecule has 4 nitrogen and oxygen atoms in total. The number of halogens is 1.